The third-order valence-electron chi connectivity index (χ3n) is 3.14. The fourth-order valence-corrected chi connectivity index (χ4v) is 3.57. The quantitative estimate of drug-likeness (QED) is 0.572. The molecule has 0 radical (unpaired) electrons. The molecule has 0 spiro atoms. The minimum Gasteiger partial charge on any atom is -0.493 e. The summed E-state index contributed by atoms with van der Waals surface area (Å²) >= 11 is 5.12. The molecule has 2 aromatic rings. The first kappa shape index (κ1) is 16.4. The number of hydrazine groups is 1. The van der Waals surface area contributed by atoms with Crippen LogP contribution in [-0.2, 0) is 6.54 Å². The molecule has 3 N–H and O–H groups in total. The Balaban J connectivity index is 2.36. The van der Waals surface area contributed by atoms with Crippen molar-refractivity contribution in [2.45, 2.75) is 12.6 Å². The summed E-state index contributed by atoms with van der Waals surface area (Å²) in [6, 6.07) is 3.90. The van der Waals surface area contributed by atoms with Crippen LogP contribution in [0.4, 0.5) is 0 Å². The van der Waals surface area contributed by atoms with Crippen LogP contribution in [0, 0.1) is 0 Å². The number of likely N-dealkylation sites (N-methyl/N-ethyl adjacent to an activating group) is 1. The van der Waals surface area contributed by atoms with E-state index >= 15 is 0 Å². The zero-order valence-electron chi connectivity index (χ0n) is 12.3. The Morgan fingerprint density at radius 3 is 2.81 bits per heavy atom. The van der Waals surface area contributed by atoms with Crippen LogP contribution in [0.2, 0.25) is 0 Å². The second-order valence-electron chi connectivity index (χ2n) is 4.87. The van der Waals surface area contributed by atoms with Gasteiger partial charge in [-0.3, -0.25) is 10.5 Å². The summed E-state index contributed by atoms with van der Waals surface area (Å²) in [6.07, 6.45) is 1.73. The molecule has 2 heterocycles. The van der Waals surface area contributed by atoms with Crippen molar-refractivity contribution >= 4 is 27.3 Å². The van der Waals surface area contributed by atoms with Gasteiger partial charge in [-0.2, -0.15) is 5.10 Å². The predicted molar refractivity (Wildman–Crippen MR) is 88.5 cm³/mol. The summed E-state index contributed by atoms with van der Waals surface area (Å²) in [7, 11) is 5.72. The number of hydrogen-bond acceptors (Lipinski definition) is 6. The Kier molecular flexibility index (Phi) is 5.77. The van der Waals surface area contributed by atoms with Crippen molar-refractivity contribution in [3.05, 3.63) is 32.7 Å². The van der Waals surface area contributed by atoms with Gasteiger partial charge in [0.1, 0.15) is 11.7 Å². The van der Waals surface area contributed by atoms with Gasteiger partial charge in [0.15, 0.2) is 5.75 Å². The van der Waals surface area contributed by atoms with Gasteiger partial charge in [-0.15, -0.1) is 11.3 Å². The summed E-state index contributed by atoms with van der Waals surface area (Å²) < 4.78 is 8.45. The molecule has 0 saturated heterocycles. The van der Waals surface area contributed by atoms with E-state index in [1.807, 2.05) is 30.9 Å². The fraction of sp³-hybridized carbons (Fsp3) is 0.462. The van der Waals surface area contributed by atoms with Crippen molar-refractivity contribution in [2.24, 2.45) is 5.84 Å². The highest BCUT2D eigenvalue weighted by Crippen LogP contribution is 2.34. The lowest BCUT2D eigenvalue weighted by Gasteiger charge is -2.19. The SMILES string of the molecule is COc1cnn(CCN(C)C)c1C(NN)c1ccc(Br)s1. The largest absolute Gasteiger partial charge is 0.493 e. The summed E-state index contributed by atoms with van der Waals surface area (Å²) in [5.41, 5.74) is 3.81. The zero-order chi connectivity index (χ0) is 15.4. The van der Waals surface area contributed by atoms with Gasteiger partial charge in [0.05, 0.1) is 23.6 Å². The minimum atomic E-state index is -0.152. The monoisotopic (exact) mass is 373 g/mol. The molecule has 8 heteroatoms. The van der Waals surface area contributed by atoms with E-state index in [1.165, 1.54) is 0 Å². The number of thiophene rings is 1. The van der Waals surface area contributed by atoms with Gasteiger partial charge in [0.2, 0.25) is 0 Å². The second-order valence-corrected chi connectivity index (χ2v) is 7.36. The van der Waals surface area contributed by atoms with Crippen LogP contribution in [0.25, 0.3) is 0 Å². The highest BCUT2D eigenvalue weighted by molar-refractivity contribution is 9.11. The smallest absolute Gasteiger partial charge is 0.162 e. The number of hydrogen-bond donors (Lipinski definition) is 2. The van der Waals surface area contributed by atoms with Gasteiger partial charge in [0.25, 0.3) is 0 Å². The number of ether oxygens (including phenoxy) is 1. The number of rotatable bonds is 7. The van der Waals surface area contributed by atoms with Gasteiger partial charge >= 0.3 is 0 Å². The molecule has 0 saturated carbocycles. The van der Waals surface area contributed by atoms with E-state index in [-0.39, 0.29) is 6.04 Å². The molecule has 116 valence electrons. The van der Waals surface area contributed by atoms with E-state index in [0.29, 0.717) is 0 Å². The first-order valence-electron chi connectivity index (χ1n) is 6.52. The number of methoxy groups -OCH3 is 1. The van der Waals surface area contributed by atoms with Crippen molar-refractivity contribution in [3.63, 3.8) is 0 Å². The zero-order valence-corrected chi connectivity index (χ0v) is 14.7. The van der Waals surface area contributed by atoms with E-state index < -0.39 is 0 Å². The van der Waals surface area contributed by atoms with Crippen LogP contribution in [0.3, 0.4) is 0 Å². The predicted octanol–water partition coefficient (Wildman–Crippen LogP) is 1.83. The molecule has 0 aromatic carbocycles. The molecular weight excluding hydrogens is 354 g/mol. The van der Waals surface area contributed by atoms with Gasteiger partial charge in [-0.1, -0.05) is 0 Å². The Morgan fingerprint density at radius 1 is 1.52 bits per heavy atom. The van der Waals surface area contributed by atoms with E-state index in [9.17, 15) is 0 Å². The molecule has 0 fully saturated rings. The van der Waals surface area contributed by atoms with Crippen LogP contribution in [0.1, 0.15) is 16.6 Å². The summed E-state index contributed by atoms with van der Waals surface area (Å²) in [4.78, 5) is 3.22. The normalized spacial score (nSPS) is 12.9. The second kappa shape index (κ2) is 7.37. The van der Waals surface area contributed by atoms with Crippen LogP contribution >= 0.6 is 27.3 Å². The molecule has 21 heavy (non-hydrogen) atoms. The molecule has 0 bridgehead atoms. The van der Waals surface area contributed by atoms with Crippen molar-refractivity contribution in [1.29, 1.82) is 0 Å². The van der Waals surface area contributed by atoms with E-state index in [0.717, 1.165) is 33.2 Å². The van der Waals surface area contributed by atoms with Gasteiger partial charge in [0, 0.05) is 11.4 Å². The first-order chi connectivity index (χ1) is 10.1. The van der Waals surface area contributed by atoms with Crippen LogP contribution in [-0.4, -0.2) is 42.4 Å². The molecule has 0 amide bonds. The standard InChI is InChI=1S/C13H20BrN5OS/c1-18(2)6-7-19-13(9(20-3)8-16-19)12(17-15)10-4-5-11(14)21-10/h4-5,8,12,17H,6-7,15H2,1-3H3. The number of aromatic nitrogens is 2. The number of nitrogens with two attached hydrogens (primary N) is 1. The highest BCUT2D eigenvalue weighted by atomic mass is 79.9. The fourth-order valence-electron chi connectivity index (χ4n) is 2.08. The number of nitrogens with zero attached hydrogens (tertiary/aromatic N) is 3. The molecule has 0 aliphatic rings. The third-order valence-corrected chi connectivity index (χ3v) is 4.83. The average molecular weight is 374 g/mol. The molecule has 2 aromatic heterocycles. The number of nitrogens with one attached hydrogen (secondary N) is 1. The van der Waals surface area contributed by atoms with Gasteiger partial charge in [-0.05, 0) is 42.2 Å². The van der Waals surface area contributed by atoms with E-state index in [1.54, 1.807) is 24.6 Å². The van der Waals surface area contributed by atoms with Crippen molar-refractivity contribution < 1.29 is 4.74 Å². The van der Waals surface area contributed by atoms with Crippen LogP contribution < -0.4 is 16.0 Å². The lowest BCUT2D eigenvalue weighted by molar-refractivity contribution is 0.360. The summed E-state index contributed by atoms with van der Waals surface area (Å²) in [5.74, 6) is 6.53. The Hall–Kier alpha value is -0.930. The molecule has 1 unspecified atom stereocenters. The maximum Gasteiger partial charge on any atom is 0.162 e. The Labute approximate surface area is 137 Å². The minimum absolute atomic E-state index is 0.152. The number of halogens is 1. The van der Waals surface area contributed by atoms with Crippen LogP contribution in [0.15, 0.2) is 22.1 Å². The van der Waals surface area contributed by atoms with Crippen molar-refractivity contribution in [2.75, 3.05) is 27.7 Å². The lowest BCUT2D eigenvalue weighted by Crippen LogP contribution is -2.31. The maximum absolute atomic E-state index is 5.79. The Morgan fingerprint density at radius 2 is 2.29 bits per heavy atom. The molecule has 1 atom stereocenters. The Bertz CT molecular complexity index is 583. The molecule has 0 aliphatic carbocycles. The summed E-state index contributed by atoms with van der Waals surface area (Å²) in [5, 5.41) is 4.42. The van der Waals surface area contributed by atoms with Crippen LogP contribution in [0.5, 0.6) is 5.75 Å². The van der Waals surface area contributed by atoms with E-state index in [4.69, 9.17) is 10.6 Å². The molecular formula is C13H20BrN5OS. The van der Waals surface area contributed by atoms with E-state index in [2.05, 4.69) is 31.4 Å². The highest BCUT2D eigenvalue weighted by Gasteiger charge is 2.24. The van der Waals surface area contributed by atoms with Gasteiger partial charge < -0.3 is 9.64 Å². The van der Waals surface area contributed by atoms with Crippen molar-refractivity contribution in [3.8, 4) is 5.75 Å². The molecule has 0 aliphatic heterocycles. The maximum atomic E-state index is 5.79. The average Bonchev–Trinajstić information content (AvgIpc) is 3.05. The topological polar surface area (TPSA) is 68.3 Å². The van der Waals surface area contributed by atoms with Gasteiger partial charge in [-0.25, -0.2) is 5.43 Å². The summed E-state index contributed by atoms with van der Waals surface area (Å²) in [6.45, 7) is 1.67. The first-order valence-corrected chi connectivity index (χ1v) is 8.13. The molecule has 6 nitrogen and oxygen atoms in total. The lowest BCUT2D eigenvalue weighted by atomic mass is 10.1. The third kappa shape index (κ3) is 3.83. The van der Waals surface area contributed by atoms with Crippen molar-refractivity contribution in [1.82, 2.24) is 20.1 Å². The molecule has 2 rings (SSSR count).